The second-order valence-corrected chi connectivity index (χ2v) is 6.50. The second-order valence-electron chi connectivity index (χ2n) is 5.69. The van der Waals surface area contributed by atoms with Gasteiger partial charge in [0, 0.05) is 6.04 Å². The molecule has 2 nitrogen and oxygen atoms in total. The normalized spacial score (nSPS) is 21.4. The second kappa shape index (κ2) is 5.57. The van der Waals surface area contributed by atoms with Crippen molar-refractivity contribution in [3.8, 4) is 0 Å². The van der Waals surface area contributed by atoms with Crippen LogP contribution in [0.25, 0.3) is 0 Å². The Bertz CT molecular complexity index is 618. The lowest BCUT2D eigenvalue weighted by atomic mass is 9.75. The zero-order valence-corrected chi connectivity index (χ0v) is 13.4. The van der Waals surface area contributed by atoms with Crippen molar-refractivity contribution < 1.29 is 0 Å². The Balaban J connectivity index is 1.61. The average molecular weight is 331 g/mol. The van der Waals surface area contributed by atoms with Crippen LogP contribution in [0.1, 0.15) is 35.6 Å². The Kier molecular flexibility index (Phi) is 3.79. The van der Waals surface area contributed by atoms with Gasteiger partial charge in [0.1, 0.15) is 4.60 Å². The molecule has 0 amide bonds. The molecule has 0 unspecified atom stereocenters. The summed E-state index contributed by atoms with van der Waals surface area (Å²) in [6.07, 6.45) is 2.41. The first kappa shape index (κ1) is 13.6. The van der Waals surface area contributed by atoms with Crippen LogP contribution in [0.3, 0.4) is 0 Å². The molecular formula is C17H19BrN2. The van der Waals surface area contributed by atoms with Crippen LogP contribution in [-0.4, -0.2) is 11.0 Å². The summed E-state index contributed by atoms with van der Waals surface area (Å²) in [7, 11) is 0. The summed E-state index contributed by atoms with van der Waals surface area (Å²) in [5.41, 5.74) is 5.04. The van der Waals surface area contributed by atoms with Crippen LogP contribution < -0.4 is 5.32 Å². The van der Waals surface area contributed by atoms with E-state index < -0.39 is 0 Å². The molecule has 3 heteroatoms. The predicted molar refractivity (Wildman–Crippen MR) is 87.2 cm³/mol. The fourth-order valence-electron chi connectivity index (χ4n) is 2.83. The van der Waals surface area contributed by atoms with E-state index in [1.165, 1.54) is 24.0 Å². The van der Waals surface area contributed by atoms with Gasteiger partial charge in [0.25, 0.3) is 0 Å². The fraction of sp³-hybridized carbons (Fsp3) is 0.353. The van der Waals surface area contributed by atoms with Crippen molar-refractivity contribution in [2.24, 2.45) is 0 Å². The maximum Gasteiger partial charge on any atom is 0.106 e. The van der Waals surface area contributed by atoms with E-state index >= 15 is 0 Å². The van der Waals surface area contributed by atoms with Gasteiger partial charge in [-0.2, -0.15) is 0 Å². The van der Waals surface area contributed by atoms with Crippen molar-refractivity contribution in [1.82, 2.24) is 4.98 Å². The number of aromatic nitrogens is 1. The molecule has 1 aliphatic carbocycles. The van der Waals surface area contributed by atoms with Crippen molar-refractivity contribution in [3.63, 3.8) is 0 Å². The van der Waals surface area contributed by atoms with E-state index in [1.54, 1.807) is 0 Å². The summed E-state index contributed by atoms with van der Waals surface area (Å²) in [4.78, 5) is 4.43. The van der Waals surface area contributed by atoms with Gasteiger partial charge in [0.2, 0.25) is 0 Å². The number of benzene rings is 1. The molecule has 2 aromatic rings. The Morgan fingerprint density at radius 1 is 1.15 bits per heavy atom. The number of aryl methyl sites for hydroxylation is 2. The monoisotopic (exact) mass is 330 g/mol. The number of anilines is 1. The quantitative estimate of drug-likeness (QED) is 0.816. The maximum absolute atomic E-state index is 4.43. The molecular weight excluding hydrogens is 312 g/mol. The van der Waals surface area contributed by atoms with Crippen LogP contribution in [0, 0.1) is 13.8 Å². The van der Waals surface area contributed by atoms with Crippen LogP contribution in [0.5, 0.6) is 0 Å². The lowest BCUT2D eigenvalue weighted by molar-refractivity contribution is 0.374. The first-order valence-corrected chi connectivity index (χ1v) is 7.87. The van der Waals surface area contributed by atoms with Crippen molar-refractivity contribution in [2.45, 2.75) is 38.6 Å². The molecule has 0 atom stereocenters. The summed E-state index contributed by atoms with van der Waals surface area (Å²) in [5, 5.41) is 3.60. The minimum absolute atomic E-state index is 0.571. The molecule has 3 rings (SSSR count). The first-order chi connectivity index (χ1) is 9.61. The van der Waals surface area contributed by atoms with Crippen molar-refractivity contribution >= 4 is 21.6 Å². The predicted octanol–water partition coefficient (Wildman–Crippen LogP) is 4.82. The first-order valence-electron chi connectivity index (χ1n) is 7.08. The highest BCUT2D eigenvalue weighted by molar-refractivity contribution is 9.10. The zero-order valence-electron chi connectivity index (χ0n) is 11.9. The fourth-order valence-corrected chi connectivity index (χ4v) is 3.23. The smallest absolute Gasteiger partial charge is 0.106 e. The number of rotatable bonds is 3. The molecule has 0 bridgehead atoms. The number of hydrogen-bond acceptors (Lipinski definition) is 2. The van der Waals surface area contributed by atoms with Crippen molar-refractivity contribution in [1.29, 1.82) is 0 Å². The zero-order chi connectivity index (χ0) is 14.1. The van der Waals surface area contributed by atoms with Gasteiger partial charge >= 0.3 is 0 Å². The van der Waals surface area contributed by atoms with E-state index in [2.05, 4.69) is 63.5 Å². The highest BCUT2D eigenvalue weighted by Gasteiger charge is 2.30. The third-order valence-electron chi connectivity index (χ3n) is 4.06. The van der Waals surface area contributed by atoms with Gasteiger partial charge < -0.3 is 5.32 Å². The average Bonchev–Trinajstić information content (AvgIpc) is 2.35. The van der Waals surface area contributed by atoms with Crippen molar-refractivity contribution in [3.05, 3.63) is 57.8 Å². The van der Waals surface area contributed by atoms with E-state index in [0.29, 0.717) is 12.0 Å². The summed E-state index contributed by atoms with van der Waals surface area (Å²) < 4.78 is 0.895. The van der Waals surface area contributed by atoms with Gasteiger partial charge in [-0.25, -0.2) is 4.98 Å². The van der Waals surface area contributed by atoms with Crippen LogP contribution in [0.15, 0.2) is 41.0 Å². The lowest BCUT2D eigenvalue weighted by Gasteiger charge is -2.37. The van der Waals surface area contributed by atoms with Crippen LogP contribution in [0.4, 0.5) is 5.69 Å². The summed E-state index contributed by atoms with van der Waals surface area (Å²) >= 11 is 3.40. The van der Waals surface area contributed by atoms with Crippen LogP contribution in [0.2, 0.25) is 0 Å². The molecule has 20 heavy (non-hydrogen) atoms. The number of pyridine rings is 1. The molecule has 0 saturated heterocycles. The molecule has 1 heterocycles. The van der Waals surface area contributed by atoms with E-state index in [9.17, 15) is 0 Å². The summed E-state index contributed by atoms with van der Waals surface area (Å²) in [6.45, 7) is 4.21. The SMILES string of the molecule is Cc1cccc(C2CC(Nc3ccc(Br)nc3C)C2)c1. The van der Waals surface area contributed by atoms with Gasteiger partial charge in [-0.15, -0.1) is 0 Å². The van der Waals surface area contributed by atoms with Gasteiger partial charge in [-0.05, 0) is 66.2 Å². The van der Waals surface area contributed by atoms with Crippen LogP contribution in [-0.2, 0) is 0 Å². The number of hydrogen-bond donors (Lipinski definition) is 1. The highest BCUT2D eigenvalue weighted by Crippen LogP contribution is 2.39. The van der Waals surface area contributed by atoms with Crippen LogP contribution >= 0.6 is 15.9 Å². The maximum atomic E-state index is 4.43. The topological polar surface area (TPSA) is 24.9 Å². The molecule has 1 aliphatic rings. The molecule has 0 spiro atoms. The Morgan fingerprint density at radius 3 is 2.65 bits per heavy atom. The van der Waals surface area contributed by atoms with E-state index in [-0.39, 0.29) is 0 Å². The summed E-state index contributed by atoms with van der Waals surface area (Å²) in [6, 6.07) is 13.6. The Morgan fingerprint density at radius 2 is 1.95 bits per heavy atom. The molecule has 0 radical (unpaired) electrons. The molecule has 1 saturated carbocycles. The number of halogens is 1. The van der Waals surface area contributed by atoms with Gasteiger partial charge in [0.15, 0.2) is 0 Å². The summed E-state index contributed by atoms with van der Waals surface area (Å²) in [5.74, 6) is 0.705. The molecule has 0 aliphatic heterocycles. The lowest BCUT2D eigenvalue weighted by Crippen LogP contribution is -2.34. The van der Waals surface area contributed by atoms with E-state index in [1.807, 2.05) is 13.0 Å². The van der Waals surface area contributed by atoms with Gasteiger partial charge in [0.05, 0.1) is 11.4 Å². The molecule has 1 fully saturated rings. The van der Waals surface area contributed by atoms with Gasteiger partial charge in [-0.3, -0.25) is 0 Å². The molecule has 104 valence electrons. The third kappa shape index (κ3) is 2.88. The van der Waals surface area contributed by atoms with Gasteiger partial charge in [-0.1, -0.05) is 29.8 Å². The molecule has 1 N–H and O–H groups in total. The van der Waals surface area contributed by atoms with E-state index in [0.717, 1.165) is 16.0 Å². The van der Waals surface area contributed by atoms with E-state index in [4.69, 9.17) is 0 Å². The standard InChI is InChI=1S/C17H19BrN2/c1-11-4-3-5-13(8-11)14-9-15(10-14)20-16-6-7-17(18)19-12(16)2/h3-8,14-15,20H,9-10H2,1-2H3. The molecule has 1 aromatic carbocycles. The largest absolute Gasteiger partial charge is 0.381 e. The number of nitrogens with one attached hydrogen (secondary N) is 1. The minimum Gasteiger partial charge on any atom is -0.381 e. The molecule has 1 aromatic heterocycles. The minimum atomic E-state index is 0.571. The number of nitrogens with zero attached hydrogens (tertiary/aromatic N) is 1. The Hall–Kier alpha value is -1.35. The highest BCUT2D eigenvalue weighted by atomic mass is 79.9. The third-order valence-corrected chi connectivity index (χ3v) is 4.50. The Labute approximate surface area is 128 Å². The van der Waals surface area contributed by atoms with Crippen molar-refractivity contribution in [2.75, 3.05) is 5.32 Å².